The minimum absolute atomic E-state index is 0.227. The van der Waals surface area contributed by atoms with Crippen molar-refractivity contribution >= 4 is 0 Å². The van der Waals surface area contributed by atoms with Crippen molar-refractivity contribution < 1.29 is 10.2 Å². The molecule has 0 amide bonds. The topological polar surface area (TPSA) is 52.5 Å². The molecule has 0 saturated carbocycles. The quantitative estimate of drug-likeness (QED) is 0.751. The molecule has 0 saturated heterocycles. The molecule has 0 radical (unpaired) electrons. The Kier molecular flexibility index (Phi) is 4.61. The van der Waals surface area contributed by atoms with E-state index >= 15 is 0 Å². The molecule has 1 aliphatic carbocycles. The number of hydrogen-bond donors (Lipinski definition) is 3. The van der Waals surface area contributed by atoms with Gasteiger partial charge in [-0.05, 0) is 55.4 Å². The van der Waals surface area contributed by atoms with Gasteiger partial charge in [-0.15, -0.1) is 0 Å². The zero-order chi connectivity index (χ0) is 13.0. The molecule has 0 heterocycles. The van der Waals surface area contributed by atoms with Crippen LogP contribution >= 0.6 is 0 Å². The fourth-order valence-corrected chi connectivity index (χ4v) is 2.81. The molecular formula is C15H23NO2. The number of fused-ring (bicyclic) bond motifs is 1. The van der Waals surface area contributed by atoms with Crippen molar-refractivity contribution in [2.75, 3.05) is 6.61 Å². The molecule has 0 spiro atoms. The van der Waals surface area contributed by atoms with Gasteiger partial charge in [0.2, 0.25) is 0 Å². The summed E-state index contributed by atoms with van der Waals surface area (Å²) in [7, 11) is 0. The van der Waals surface area contributed by atoms with E-state index in [-0.39, 0.29) is 6.61 Å². The SMILES string of the molecule is CCC(CCO)NC1CCCc2ccc(O)cc21. The Morgan fingerprint density at radius 3 is 3.00 bits per heavy atom. The van der Waals surface area contributed by atoms with Crippen LogP contribution in [-0.2, 0) is 6.42 Å². The largest absolute Gasteiger partial charge is 0.508 e. The van der Waals surface area contributed by atoms with Gasteiger partial charge in [0.15, 0.2) is 0 Å². The number of benzene rings is 1. The number of aryl methyl sites for hydroxylation is 1. The van der Waals surface area contributed by atoms with Gasteiger partial charge in [-0.25, -0.2) is 0 Å². The first-order valence-electron chi connectivity index (χ1n) is 6.93. The minimum Gasteiger partial charge on any atom is -0.508 e. The summed E-state index contributed by atoms with van der Waals surface area (Å²) in [5.41, 5.74) is 2.58. The van der Waals surface area contributed by atoms with Gasteiger partial charge in [-0.2, -0.15) is 0 Å². The van der Waals surface area contributed by atoms with Crippen LogP contribution in [0.3, 0.4) is 0 Å². The third-order valence-electron chi connectivity index (χ3n) is 3.85. The van der Waals surface area contributed by atoms with Gasteiger partial charge in [-0.3, -0.25) is 0 Å². The highest BCUT2D eigenvalue weighted by atomic mass is 16.3. The van der Waals surface area contributed by atoms with Crippen molar-refractivity contribution in [2.45, 2.75) is 51.1 Å². The average molecular weight is 249 g/mol. The summed E-state index contributed by atoms with van der Waals surface area (Å²) >= 11 is 0. The van der Waals surface area contributed by atoms with Gasteiger partial charge in [0.25, 0.3) is 0 Å². The van der Waals surface area contributed by atoms with E-state index in [0.29, 0.717) is 17.8 Å². The summed E-state index contributed by atoms with van der Waals surface area (Å²) < 4.78 is 0. The van der Waals surface area contributed by atoms with Crippen LogP contribution in [0.25, 0.3) is 0 Å². The maximum atomic E-state index is 9.63. The molecule has 0 aromatic heterocycles. The van der Waals surface area contributed by atoms with Crippen LogP contribution in [0.2, 0.25) is 0 Å². The molecule has 1 aromatic carbocycles. The van der Waals surface area contributed by atoms with Crippen molar-refractivity contribution in [1.29, 1.82) is 0 Å². The molecule has 3 heteroatoms. The van der Waals surface area contributed by atoms with E-state index in [1.165, 1.54) is 17.5 Å². The Morgan fingerprint density at radius 2 is 2.28 bits per heavy atom. The summed E-state index contributed by atoms with van der Waals surface area (Å²) in [5.74, 6) is 0.345. The van der Waals surface area contributed by atoms with Gasteiger partial charge in [0.1, 0.15) is 5.75 Å². The number of nitrogens with one attached hydrogen (secondary N) is 1. The van der Waals surface area contributed by atoms with E-state index in [1.54, 1.807) is 6.07 Å². The molecule has 2 atom stereocenters. The Hall–Kier alpha value is -1.06. The van der Waals surface area contributed by atoms with E-state index in [1.807, 2.05) is 12.1 Å². The number of phenols is 1. The van der Waals surface area contributed by atoms with Crippen LogP contribution in [0.15, 0.2) is 18.2 Å². The van der Waals surface area contributed by atoms with Gasteiger partial charge < -0.3 is 15.5 Å². The predicted octanol–water partition coefficient (Wildman–Crippen LogP) is 2.52. The lowest BCUT2D eigenvalue weighted by Crippen LogP contribution is -2.35. The second kappa shape index (κ2) is 6.21. The average Bonchev–Trinajstić information content (AvgIpc) is 2.38. The highest BCUT2D eigenvalue weighted by molar-refractivity contribution is 5.38. The van der Waals surface area contributed by atoms with Crippen molar-refractivity contribution in [1.82, 2.24) is 5.32 Å². The van der Waals surface area contributed by atoms with Crippen molar-refractivity contribution in [2.24, 2.45) is 0 Å². The number of aromatic hydroxyl groups is 1. The highest BCUT2D eigenvalue weighted by Gasteiger charge is 2.22. The lowest BCUT2D eigenvalue weighted by atomic mass is 9.87. The van der Waals surface area contributed by atoms with Crippen LogP contribution in [0.1, 0.15) is 49.8 Å². The fraction of sp³-hybridized carbons (Fsp3) is 0.600. The molecule has 2 rings (SSSR count). The molecule has 0 bridgehead atoms. The first-order chi connectivity index (χ1) is 8.74. The Labute approximate surface area is 109 Å². The van der Waals surface area contributed by atoms with E-state index in [9.17, 15) is 5.11 Å². The highest BCUT2D eigenvalue weighted by Crippen LogP contribution is 2.32. The summed E-state index contributed by atoms with van der Waals surface area (Å²) in [6.45, 7) is 2.37. The minimum atomic E-state index is 0.227. The number of hydrogen-bond acceptors (Lipinski definition) is 3. The Morgan fingerprint density at radius 1 is 1.44 bits per heavy atom. The molecule has 1 aliphatic rings. The van der Waals surface area contributed by atoms with Gasteiger partial charge in [0, 0.05) is 18.7 Å². The van der Waals surface area contributed by atoms with Crippen molar-refractivity contribution in [3.63, 3.8) is 0 Å². The fourth-order valence-electron chi connectivity index (χ4n) is 2.81. The third-order valence-corrected chi connectivity index (χ3v) is 3.85. The summed E-state index contributed by atoms with van der Waals surface area (Å²) in [6, 6.07) is 6.36. The van der Waals surface area contributed by atoms with E-state index in [2.05, 4.69) is 12.2 Å². The monoisotopic (exact) mass is 249 g/mol. The number of phenolic OH excluding ortho intramolecular Hbond substituents is 1. The molecule has 1 aromatic rings. The summed E-state index contributed by atoms with van der Waals surface area (Å²) in [4.78, 5) is 0. The predicted molar refractivity (Wildman–Crippen MR) is 72.7 cm³/mol. The van der Waals surface area contributed by atoms with Crippen LogP contribution in [-0.4, -0.2) is 22.9 Å². The van der Waals surface area contributed by atoms with Crippen LogP contribution in [0, 0.1) is 0 Å². The smallest absolute Gasteiger partial charge is 0.115 e. The molecule has 0 aliphatic heterocycles. The second-order valence-electron chi connectivity index (χ2n) is 5.11. The molecule has 100 valence electrons. The first-order valence-corrected chi connectivity index (χ1v) is 6.93. The van der Waals surface area contributed by atoms with Gasteiger partial charge >= 0.3 is 0 Å². The van der Waals surface area contributed by atoms with Crippen LogP contribution in [0.4, 0.5) is 0 Å². The van der Waals surface area contributed by atoms with Gasteiger partial charge in [-0.1, -0.05) is 13.0 Å². The number of rotatable bonds is 5. The molecule has 2 unspecified atom stereocenters. The maximum Gasteiger partial charge on any atom is 0.115 e. The molecule has 0 fully saturated rings. The molecule has 18 heavy (non-hydrogen) atoms. The first kappa shape index (κ1) is 13.4. The number of aliphatic hydroxyl groups excluding tert-OH is 1. The van der Waals surface area contributed by atoms with E-state index in [4.69, 9.17) is 5.11 Å². The molecule has 3 N–H and O–H groups in total. The lowest BCUT2D eigenvalue weighted by molar-refractivity contribution is 0.251. The maximum absolute atomic E-state index is 9.63. The standard InChI is InChI=1S/C15H23NO2/c1-2-12(8-9-17)16-15-5-3-4-11-6-7-13(18)10-14(11)15/h6-7,10,12,15-18H,2-5,8-9H2,1H3. The normalized spacial score (nSPS) is 20.4. The second-order valence-corrected chi connectivity index (χ2v) is 5.11. The Bertz CT molecular complexity index is 392. The van der Waals surface area contributed by atoms with Crippen molar-refractivity contribution in [3.05, 3.63) is 29.3 Å². The zero-order valence-electron chi connectivity index (χ0n) is 11.0. The zero-order valence-corrected chi connectivity index (χ0v) is 11.0. The van der Waals surface area contributed by atoms with Crippen LogP contribution < -0.4 is 5.32 Å². The molecule has 3 nitrogen and oxygen atoms in total. The lowest BCUT2D eigenvalue weighted by Gasteiger charge is -2.30. The van der Waals surface area contributed by atoms with Gasteiger partial charge in [0.05, 0.1) is 0 Å². The molecular weight excluding hydrogens is 226 g/mol. The van der Waals surface area contributed by atoms with E-state index < -0.39 is 0 Å². The third kappa shape index (κ3) is 3.03. The van der Waals surface area contributed by atoms with Crippen molar-refractivity contribution in [3.8, 4) is 5.75 Å². The summed E-state index contributed by atoms with van der Waals surface area (Å²) in [6.07, 6.45) is 5.21. The van der Waals surface area contributed by atoms with E-state index in [0.717, 1.165) is 25.7 Å². The number of aliphatic hydroxyl groups is 1. The Balaban J connectivity index is 2.13. The van der Waals surface area contributed by atoms with Crippen LogP contribution in [0.5, 0.6) is 5.75 Å². The summed E-state index contributed by atoms with van der Waals surface area (Å²) in [5, 5.41) is 22.3.